The number of rotatable bonds is 1. The Bertz CT molecular complexity index is 371. The predicted octanol–water partition coefficient (Wildman–Crippen LogP) is 1.59. The van der Waals surface area contributed by atoms with Gasteiger partial charge in [-0.1, -0.05) is 0 Å². The number of aromatic nitrogens is 1. The van der Waals surface area contributed by atoms with Gasteiger partial charge in [0.15, 0.2) is 0 Å². The van der Waals surface area contributed by atoms with E-state index in [4.69, 9.17) is 10.5 Å². The monoisotopic (exact) mass is 221 g/mol. The van der Waals surface area contributed by atoms with E-state index in [-0.39, 0.29) is 12.2 Å². The first-order valence-corrected chi connectivity index (χ1v) is 5.70. The van der Waals surface area contributed by atoms with Gasteiger partial charge in [0.05, 0.1) is 23.6 Å². The molecule has 2 rings (SSSR count). The molecular weight excluding hydrogens is 202 g/mol. The minimum absolute atomic E-state index is 0.253. The van der Waals surface area contributed by atoms with Crippen LogP contribution in [0.1, 0.15) is 19.5 Å². The molecule has 2 N–H and O–H groups in total. The van der Waals surface area contributed by atoms with Crippen LogP contribution >= 0.6 is 0 Å². The summed E-state index contributed by atoms with van der Waals surface area (Å²) in [6.45, 7) is 7.90. The quantitative estimate of drug-likeness (QED) is 0.782. The van der Waals surface area contributed by atoms with Crippen molar-refractivity contribution in [2.24, 2.45) is 0 Å². The summed E-state index contributed by atoms with van der Waals surface area (Å²) < 4.78 is 5.70. The van der Waals surface area contributed by atoms with Crippen LogP contribution < -0.4 is 10.6 Å². The molecular formula is C12H19N3O. The second kappa shape index (κ2) is 4.29. The van der Waals surface area contributed by atoms with E-state index < -0.39 is 0 Å². The highest BCUT2D eigenvalue weighted by atomic mass is 16.5. The number of hydrogen-bond acceptors (Lipinski definition) is 4. The van der Waals surface area contributed by atoms with Crippen LogP contribution in [0.2, 0.25) is 0 Å². The summed E-state index contributed by atoms with van der Waals surface area (Å²) in [5.41, 5.74) is 7.41. The molecule has 1 aliphatic rings. The molecule has 0 saturated carbocycles. The summed E-state index contributed by atoms with van der Waals surface area (Å²) in [4.78, 5) is 6.77. The Morgan fingerprint density at radius 3 is 2.50 bits per heavy atom. The maximum Gasteiger partial charge on any atom is 0.129 e. The molecule has 1 fully saturated rings. The van der Waals surface area contributed by atoms with E-state index in [0.717, 1.165) is 30.3 Å². The molecule has 4 nitrogen and oxygen atoms in total. The van der Waals surface area contributed by atoms with E-state index >= 15 is 0 Å². The molecule has 2 atom stereocenters. The van der Waals surface area contributed by atoms with Gasteiger partial charge >= 0.3 is 0 Å². The first-order valence-electron chi connectivity index (χ1n) is 5.70. The van der Waals surface area contributed by atoms with Gasteiger partial charge < -0.3 is 15.4 Å². The number of nitrogens with two attached hydrogens (primary N) is 1. The van der Waals surface area contributed by atoms with Crippen LogP contribution in [0, 0.1) is 6.92 Å². The van der Waals surface area contributed by atoms with Crippen molar-refractivity contribution in [1.29, 1.82) is 0 Å². The molecule has 1 aromatic heterocycles. The lowest BCUT2D eigenvalue weighted by atomic mass is 10.2. The number of ether oxygens (including phenoxy) is 1. The van der Waals surface area contributed by atoms with Crippen LogP contribution in [0.25, 0.3) is 0 Å². The molecule has 2 heterocycles. The zero-order valence-corrected chi connectivity index (χ0v) is 10.1. The highest BCUT2D eigenvalue weighted by molar-refractivity contribution is 5.50. The first kappa shape index (κ1) is 11.2. The fourth-order valence-corrected chi connectivity index (χ4v) is 2.10. The third-order valence-electron chi connectivity index (χ3n) is 2.86. The average Bonchev–Trinajstić information content (AvgIpc) is 2.20. The van der Waals surface area contributed by atoms with E-state index in [2.05, 4.69) is 23.7 Å². The fraction of sp³-hybridized carbons (Fsp3) is 0.583. The Labute approximate surface area is 96.4 Å². The third-order valence-corrected chi connectivity index (χ3v) is 2.86. The van der Waals surface area contributed by atoms with Crippen molar-refractivity contribution >= 4 is 11.5 Å². The lowest BCUT2D eigenvalue weighted by molar-refractivity contribution is -0.00546. The van der Waals surface area contributed by atoms with E-state index in [9.17, 15) is 0 Å². The summed E-state index contributed by atoms with van der Waals surface area (Å²) in [7, 11) is 0. The smallest absolute Gasteiger partial charge is 0.129 e. The van der Waals surface area contributed by atoms with Gasteiger partial charge in [-0.2, -0.15) is 0 Å². The molecule has 1 aromatic rings. The van der Waals surface area contributed by atoms with E-state index in [1.54, 1.807) is 0 Å². The van der Waals surface area contributed by atoms with Crippen LogP contribution in [0.15, 0.2) is 12.1 Å². The van der Waals surface area contributed by atoms with Crippen molar-refractivity contribution < 1.29 is 4.74 Å². The molecule has 1 saturated heterocycles. The van der Waals surface area contributed by atoms with Crippen molar-refractivity contribution in [2.75, 3.05) is 23.7 Å². The second-order valence-electron chi connectivity index (χ2n) is 4.51. The molecule has 0 amide bonds. The number of hydrogen-bond donors (Lipinski definition) is 1. The Balaban J connectivity index is 2.19. The van der Waals surface area contributed by atoms with Crippen molar-refractivity contribution in [3.8, 4) is 0 Å². The number of nitrogen functional groups attached to an aromatic ring is 1. The maximum absolute atomic E-state index is 5.77. The summed E-state index contributed by atoms with van der Waals surface area (Å²) >= 11 is 0. The predicted molar refractivity (Wildman–Crippen MR) is 65.6 cm³/mol. The summed E-state index contributed by atoms with van der Waals surface area (Å²) in [6, 6.07) is 3.90. The van der Waals surface area contributed by atoms with Crippen LogP contribution in [0.5, 0.6) is 0 Å². The van der Waals surface area contributed by atoms with Gasteiger partial charge in [0.25, 0.3) is 0 Å². The molecule has 0 aromatic carbocycles. The van der Waals surface area contributed by atoms with Gasteiger partial charge in [-0.15, -0.1) is 0 Å². The summed E-state index contributed by atoms with van der Waals surface area (Å²) in [6.07, 6.45) is 0.506. The SMILES string of the molecule is Cc1nc(N2C[C@@H](C)O[C@@H](C)C2)ccc1N. The first-order chi connectivity index (χ1) is 7.56. The van der Waals surface area contributed by atoms with Crippen LogP contribution in [-0.2, 0) is 4.74 Å². The lowest BCUT2D eigenvalue weighted by Crippen LogP contribution is -2.45. The Morgan fingerprint density at radius 1 is 1.31 bits per heavy atom. The molecule has 0 bridgehead atoms. The largest absolute Gasteiger partial charge is 0.397 e. The van der Waals surface area contributed by atoms with Gasteiger partial charge in [-0.25, -0.2) is 4.98 Å². The molecule has 1 aliphatic heterocycles. The number of morpholine rings is 1. The normalized spacial score (nSPS) is 25.8. The van der Waals surface area contributed by atoms with E-state index in [1.807, 2.05) is 19.1 Å². The summed E-state index contributed by atoms with van der Waals surface area (Å²) in [5.74, 6) is 0.994. The lowest BCUT2D eigenvalue weighted by Gasteiger charge is -2.36. The van der Waals surface area contributed by atoms with Gasteiger partial charge in [-0.05, 0) is 32.9 Å². The third kappa shape index (κ3) is 2.27. The molecule has 16 heavy (non-hydrogen) atoms. The summed E-state index contributed by atoms with van der Waals surface area (Å²) in [5, 5.41) is 0. The zero-order valence-electron chi connectivity index (χ0n) is 10.1. The highest BCUT2D eigenvalue weighted by Crippen LogP contribution is 2.20. The molecule has 0 spiro atoms. The van der Waals surface area contributed by atoms with Gasteiger partial charge in [0, 0.05) is 13.1 Å². The number of nitrogens with zero attached hydrogens (tertiary/aromatic N) is 2. The Hall–Kier alpha value is -1.29. The number of pyridine rings is 1. The van der Waals surface area contributed by atoms with Crippen molar-refractivity contribution in [3.63, 3.8) is 0 Å². The van der Waals surface area contributed by atoms with Crippen LogP contribution in [0.3, 0.4) is 0 Å². The molecule has 88 valence electrons. The zero-order chi connectivity index (χ0) is 11.7. The number of anilines is 2. The van der Waals surface area contributed by atoms with Crippen LogP contribution in [-0.4, -0.2) is 30.3 Å². The molecule has 0 unspecified atom stereocenters. The van der Waals surface area contributed by atoms with Crippen molar-refractivity contribution in [1.82, 2.24) is 4.98 Å². The van der Waals surface area contributed by atoms with Gasteiger partial charge in [0.1, 0.15) is 5.82 Å². The van der Waals surface area contributed by atoms with Crippen LogP contribution in [0.4, 0.5) is 11.5 Å². The Kier molecular flexibility index (Phi) is 3.01. The minimum Gasteiger partial charge on any atom is -0.397 e. The minimum atomic E-state index is 0.253. The highest BCUT2D eigenvalue weighted by Gasteiger charge is 2.23. The van der Waals surface area contributed by atoms with Gasteiger partial charge in [0.2, 0.25) is 0 Å². The molecule has 0 aliphatic carbocycles. The molecule has 4 heteroatoms. The van der Waals surface area contributed by atoms with Crippen molar-refractivity contribution in [2.45, 2.75) is 33.0 Å². The molecule has 0 radical (unpaired) electrons. The Morgan fingerprint density at radius 2 is 1.94 bits per heavy atom. The second-order valence-corrected chi connectivity index (χ2v) is 4.51. The van der Waals surface area contributed by atoms with Gasteiger partial charge in [-0.3, -0.25) is 0 Å². The number of aryl methyl sites for hydroxylation is 1. The average molecular weight is 221 g/mol. The topological polar surface area (TPSA) is 51.4 Å². The van der Waals surface area contributed by atoms with E-state index in [0.29, 0.717) is 0 Å². The maximum atomic E-state index is 5.77. The fourth-order valence-electron chi connectivity index (χ4n) is 2.10. The standard InChI is InChI=1S/C12H19N3O/c1-8-6-15(7-9(2)16-8)12-5-4-11(13)10(3)14-12/h4-5,8-9H,6-7,13H2,1-3H3/t8-,9+. The van der Waals surface area contributed by atoms with E-state index in [1.165, 1.54) is 0 Å². The van der Waals surface area contributed by atoms with Crippen molar-refractivity contribution in [3.05, 3.63) is 17.8 Å².